The maximum Gasteiger partial charge on any atom is 0.221 e. The summed E-state index contributed by atoms with van der Waals surface area (Å²) < 4.78 is 27.5. The highest BCUT2D eigenvalue weighted by Crippen LogP contribution is 2.69. The number of Topliss-reactive ketones (excluding diaryl/α,β-unsaturated/α-hetero) is 1. The molecule has 236 valence electrons. The van der Waals surface area contributed by atoms with Gasteiger partial charge >= 0.3 is 0 Å². The van der Waals surface area contributed by atoms with E-state index >= 15 is 0 Å². The molecule has 13 atom stereocenters. The number of hydrogen-bond donors (Lipinski definition) is 2. The first-order valence-corrected chi connectivity index (χ1v) is 18.7. The first-order chi connectivity index (χ1) is 19.2. The van der Waals surface area contributed by atoms with Gasteiger partial charge < -0.3 is 10.2 Å². The fourth-order valence-electron chi connectivity index (χ4n) is 11.8. The Hall–Kier alpha value is -0.500. The lowest BCUT2D eigenvalue weighted by atomic mass is 9.41. The van der Waals surface area contributed by atoms with Crippen molar-refractivity contribution >= 4 is 15.8 Å². The first kappa shape index (κ1) is 31.9. The summed E-state index contributed by atoms with van der Waals surface area (Å²) in [6.45, 7) is 13.5. The predicted molar refractivity (Wildman–Crippen MR) is 164 cm³/mol. The van der Waals surface area contributed by atoms with Crippen molar-refractivity contribution in [1.82, 2.24) is 4.31 Å². The maximum absolute atomic E-state index is 13.0. The molecule has 5 rings (SSSR count). The number of carbonyl (C=O) groups excluding carboxylic acids is 1. The lowest BCUT2D eigenvalue weighted by Gasteiger charge is -2.64. The molecule has 0 aromatic rings. The van der Waals surface area contributed by atoms with E-state index in [1.807, 2.05) is 13.8 Å². The van der Waals surface area contributed by atoms with Gasteiger partial charge in [-0.1, -0.05) is 40.5 Å². The number of carbonyl (C=O) groups is 1. The number of nitrogens with zero attached hydrogens (tertiary/aromatic N) is 1. The first-order valence-electron chi connectivity index (χ1n) is 17.1. The van der Waals surface area contributed by atoms with E-state index in [-0.39, 0.29) is 52.6 Å². The number of fused-ring (bicyclic) bond motifs is 5. The molecule has 4 aliphatic carbocycles. The molecule has 6 nitrogen and oxygen atoms in total. The Morgan fingerprint density at radius 2 is 1.56 bits per heavy atom. The molecular formula is C34H59NO5S. The monoisotopic (exact) mass is 593 g/mol. The molecule has 1 aliphatic heterocycles. The zero-order valence-corrected chi connectivity index (χ0v) is 27.5. The predicted octanol–water partition coefficient (Wildman–Crippen LogP) is 6.19. The lowest BCUT2D eigenvalue weighted by Crippen LogP contribution is -2.62. The van der Waals surface area contributed by atoms with E-state index in [0.717, 1.165) is 51.4 Å². The summed E-state index contributed by atoms with van der Waals surface area (Å²) >= 11 is 0. The van der Waals surface area contributed by atoms with E-state index in [1.54, 1.807) is 4.31 Å². The number of sulfonamides is 1. The Morgan fingerprint density at radius 3 is 2.22 bits per heavy atom. The van der Waals surface area contributed by atoms with Gasteiger partial charge in [-0.3, -0.25) is 4.79 Å². The number of aliphatic hydroxyl groups is 2. The van der Waals surface area contributed by atoms with Crippen LogP contribution in [-0.2, 0) is 14.8 Å². The zero-order valence-electron chi connectivity index (χ0n) is 26.7. The normalized spacial score (nSPS) is 47.4. The van der Waals surface area contributed by atoms with Crippen molar-refractivity contribution in [3.63, 3.8) is 0 Å². The fourth-order valence-corrected chi connectivity index (χ4v) is 13.8. The van der Waals surface area contributed by atoms with E-state index in [9.17, 15) is 23.4 Å². The van der Waals surface area contributed by atoms with Crippen LogP contribution in [0.25, 0.3) is 0 Å². The minimum Gasteiger partial charge on any atom is -0.393 e. The quantitative estimate of drug-likeness (QED) is 0.332. The number of rotatable bonds is 9. The standard InChI is InChI=1S/C34H59NO5S/c1-7-26-30-19-24(36)15-17-34(30,6)29-16-18-33(5)27(13-14-28(33)31(29)32(26)38)21(2)9-8-10-25(37)20-41(39,40)35-22(3)11-12-23(35)4/h21-24,26-32,36,38H,7-20H2,1-6H3/t21-,22?,23?,24-,26-,27-,28+,29+,30+,31+,32-,33-,34-/m1/s1. The van der Waals surface area contributed by atoms with Gasteiger partial charge in [-0.15, -0.1) is 0 Å². The molecule has 0 aromatic carbocycles. The summed E-state index contributed by atoms with van der Waals surface area (Å²) in [5, 5.41) is 22.5. The average Bonchev–Trinajstić information content (AvgIpc) is 3.43. The van der Waals surface area contributed by atoms with Crippen LogP contribution in [0.15, 0.2) is 0 Å². The molecule has 0 radical (unpaired) electrons. The molecule has 2 unspecified atom stereocenters. The maximum atomic E-state index is 13.0. The molecule has 5 aliphatic rings. The highest BCUT2D eigenvalue weighted by atomic mass is 32.2. The van der Waals surface area contributed by atoms with Gasteiger partial charge in [-0.25, -0.2) is 8.42 Å². The summed E-state index contributed by atoms with van der Waals surface area (Å²) in [5.74, 6) is 2.73. The number of aliphatic hydroxyl groups excluding tert-OH is 2. The minimum absolute atomic E-state index is 0.0116. The summed E-state index contributed by atoms with van der Waals surface area (Å²) in [5.41, 5.74) is 0.437. The smallest absolute Gasteiger partial charge is 0.221 e. The van der Waals surface area contributed by atoms with E-state index in [1.165, 1.54) is 25.7 Å². The third-order valence-corrected chi connectivity index (χ3v) is 15.9. The van der Waals surface area contributed by atoms with Gasteiger partial charge in [0.2, 0.25) is 10.0 Å². The van der Waals surface area contributed by atoms with Crippen molar-refractivity contribution in [2.45, 2.75) is 149 Å². The van der Waals surface area contributed by atoms with Gasteiger partial charge in [0.15, 0.2) is 0 Å². The Labute approximate surface area is 250 Å². The second kappa shape index (κ2) is 11.8. The minimum atomic E-state index is -3.54. The van der Waals surface area contributed by atoms with Gasteiger partial charge in [0.05, 0.1) is 12.2 Å². The van der Waals surface area contributed by atoms with Crippen LogP contribution >= 0.6 is 0 Å². The molecule has 0 bridgehead atoms. The highest BCUT2D eigenvalue weighted by Gasteiger charge is 2.64. The molecular weight excluding hydrogens is 534 g/mol. The molecule has 41 heavy (non-hydrogen) atoms. The lowest BCUT2D eigenvalue weighted by molar-refractivity contribution is -0.203. The van der Waals surface area contributed by atoms with Crippen LogP contribution in [0.2, 0.25) is 0 Å². The van der Waals surface area contributed by atoms with E-state index < -0.39 is 10.0 Å². The van der Waals surface area contributed by atoms with Crippen LogP contribution in [0, 0.1) is 52.3 Å². The van der Waals surface area contributed by atoms with Gasteiger partial charge in [0.1, 0.15) is 11.5 Å². The molecule has 5 fully saturated rings. The molecule has 0 aromatic heterocycles. The van der Waals surface area contributed by atoms with Crippen LogP contribution < -0.4 is 0 Å². The van der Waals surface area contributed by atoms with Crippen molar-refractivity contribution in [2.75, 3.05) is 5.75 Å². The Kier molecular flexibility index (Phi) is 9.17. The van der Waals surface area contributed by atoms with Gasteiger partial charge in [-0.05, 0) is 130 Å². The van der Waals surface area contributed by atoms with Gasteiger partial charge in [0, 0.05) is 18.5 Å². The summed E-state index contributed by atoms with van der Waals surface area (Å²) in [6, 6.07) is -0.0233. The van der Waals surface area contributed by atoms with Crippen LogP contribution in [0.3, 0.4) is 0 Å². The number of hydrogen-bond acceptors (Lipinski definition) is 5. The summed E-state index contributed by atoms with van der Waals surface area (Å²) in [7, 11) is -3.54. The van der Waals surface area contributed by atoms with Crippen LogP contribution in [0.1, 0.15) is 125 Å². The highest BCUT2D eigenvalue weighted by molar-refractivity contribution is 7.89. The molecule has 1 saturated heterocycles. The number of ketones is 1. The Bertz CT molecular complexity index is 1050. The van der Waals surface area contributed by atoms with E-state index in [2.05, 4.69) is 27.7 Å². The second-order valence-corrected chi connectivity index (χ2v) is 17.8. The van der Waals surface area contributed by atoms with E-state index in [0.29, 0.717) is 41.9 Å². The van der Waals surface area contributed by atoms with Crippen LogP contribution in [0.4, 0.5) is 0 Å². The molecule has 0 amide bonds. The second-order valence-electron chi connectivity index (χ2n) is 15.9. The molecule has 1 heterocycles. The SMILES string of the molecule is CC[C@H]1[C@@H](O)[C@@H]2[C@H](CC[C@]3(C)[C@@H]([C@H](C)CCCC(=O)CS(=O)(=O)N4C(C)CCC4C)CC[C@@H]23)[C@@]2(C)CC[C@@H](O)C[C@@H]12. The largest absolute Gasteiger partial charge is 0.393 e. The fraction of sp³-hybridized carbons (Fsp3) is 0.971. The van der Waals surface area contributed by atoms with Crippen molar-refractivity contribution in [3.8, 4) is 0 Å². The van der Waals surface area contributed by atoms with Crippen molar-refractivity contribution in [2.24, 2.45) is 52.3 Å². The van der Waals surface area contributed by atoms with Crippen molar-refractivity contribution in [1.29, 1.82) is 0 Å². The van der Waals surface area contributed by atoms with E-state index in [4.69, 9.17) is 0 Å². The third kappa shape index (κ3) is 5.50. The van der Waals surface area contributed by atoms with Crippen molar-refractivity contribution < 1.29 is 23.4 Å². The molecule has 0 spiro atoms. The molecule has 4 saturated carbocycles. The van der Waals surface area contributed by atoms with Crippen LogP contribution in [0.5, 0.6) is 0 Å². The average molecular weight is 594 g/mol. The van der Waals surface area contributed by atoms with Gasteiger partial charge in [-0.2, -0.15) is 4.31 Å². The van der Waals surface area contributed by atoms with Gasteiger partial charge in [0.25, 0.3) is 0 Å². The molecule has 7 heteroatoms. The Morgan fingerprint density at radius 1 is 0.927 bits per heavy atom. The summed E-state index contributed by atoms with van der Waals surface area (Å²) in [6.07, 6.45) is 11.9. The summed E-state index contributed by atoms with van der Waals surface area (Å²) in [4.78, 5) is 12.8. The topological polar surface area (TPSA) is 94.9 Å². The Balaban J connectivity index is 1.21. The van der Waals surface area contributed by atoms with Crippen molar-refractivity contribution in [3.05, 3.63) is 0 Å². The zero-order chi connectivity index (χ0) is 29.9. The van der Waals surface area contributed by atoms with Crippen LogP contribution in [-0.4, -0.2) is 58.8 Å². The molecule has 2 N–H and O–H groups in total. The third-order valence-electron chi connectivity index (χ3n) is 13.8.